The Bertz CT molecular complexity index is 653. The summed E-state index contributed by atoms with van der Waals surface area (Å²) < 4.78 is 1.99. The molecule has 4 heteroatoms. The van der Waals surface area contributed by atoms with Gasteiger partial charge in [-0.25, -0.2) is 4.98 Å². The minimum Gasteiger partial charge on any atom is -0.341 e. The van der Waals surface area contributed by atoms with Crippen molar-refractivity contribution in [2.24, 2.45) is 5.92 Å². The van der Waals surface area contributed by atoms with Crippen LogP contribution in [0.5, 0.6) is 0 Å². The van der Waals surface area contributed by atoms with Crippen LogP contribution >= 0.6 is 0 Å². The number of nitrogens with zero attached hydrogens (tertiary/aromatic N) is 3. The largest absolute Gasteiger partial charge is 0.341 e. The lowest BCUT2D eigenvalue weighted by atomic mass is 10.1. The van der Waals surface area contributed by atoms with Gasteiger partial charge in [0.25, 0.3) is 0 Å². The van der Waals surface area contributed by atoms with Crippen molar-refractivity contribution in [3.05, 3.63) is 36.3 Å². The predicted octanol–water partition coefficient (Wildman–Crippen LogP) is 1.36. The van der Waals surface area contributed by atoms with Crippen LogP contribution in [0.15, 0.2) is 30.7 Å². The lowest BCUT2D eigenvalue weighted by Crippen LogP contribution is -2.27. The number of amides is 1. The van der Waals surface area contributed by atoms with Crippen molar-refractivity contribution in [3.8, 4) is 12.3 Å². The molecule has 0 N–H and O–H groups in total. The molecule has 0 bridgehead atoms. The number of fused-ring (bicyclic) bond motifs is 1. The highest BCUT2D eigenvalue weighted by molar-refractivity contribution is 5.79. The molecule has 3 heterocycles. The van der Waals surface area contributed by atoms with Crippen molar-refractivity contribution < 1.29 is 4.79 Å². The topological polar surface area (TPSA) is 37.6 Å². The highest BCUT2D eigenvalue weighted by atomic mass is 16.2. The van der Waals surface area contributed by atoms with E-state index in [0.717, 1.165) is 18.6 Å². The molecule has 0 spiro atoms. The smallest absolute Gasteiger partial charge is 0.223 e. The van der Waals surface area contributed by atoms with E-state index in [0.29, 0.717) is 13.0 Å². The zero-order valence-electron chi connectivity index (χ0n) is 10.6. The first kappa shape index (κ1) is 11.8. The normalized spacial score (nSPS) is 19.0. The summed E-state index contributed by atoms with van der Waals surface area (Å²) in [5, 5.41) is 0. The number of carbonyl (C=O) groups is 1. The molecule has 1 aliphatic rings. The van der Waals surface area contributed by atoms with Gasteiger partial charge in [0.1, 0.15) is 5.65 Å². The van der Waals surface area contributed by atoms with Gasteiger partial charge in [0.05, 0.1) is 0 Å². The number of hydrogen-bond acceptors (Lipinski definition) is 2. The monoisotopic (exact) mass is 253 g/mol. The highest BCUT2D eigenvalue weighted by Gasteiger charge is 2.27. The van der Waals surface area contributed by atoms with E-state index in [4.69, 9.17) is 6.42 Å². The summed E-state index contributed by atoms with van der Waals surface area (Å²) in [6.45, 7) is 1.43. The summed E-state index contributed by atoms with van der Waals surface area (Å²) in [6, 6.07) is 4.05. The fourth-order valence-corrected chi connectivity index (χ4v) is 2.48. The van der Waals surface area contributed by atoms with Crippen LogP contribution in [0.1, 0.15) is 12.0 Å². The van der Waals surface area contributed by atoms with E-state index >= 15 is 0 Å². The van der Waals surface area contributed by atoms with Gasteiger partial charge < -0.3 is 9.30 Å². The number of pyridine rings is 1. The molecule has 0 saturated carbocycles. The van der Waals surface area contributed by atoms with Gasteiger partial charge >= 0.3 is 0 Å². The molecule has 1 unspecified atom stereocenters. The van der Waals surface area contributed by atoms with Crippen LogP contribution in [0.4, 0.5) is 0 Å². The number of rotatable bonds is 3. The Balaban J connectivity index is 1.66. The lowest BCUT2D eigenvalue weighted by Gasteiger charge is -2.15. The van der Waals surface area contributed by atoms with E-state index in [9.17, 15) is 4.79 Å². The number of aromatic nitrogens is 2. The SMILES string of the molecule is C#CC1CC(=O)N(CCc2ccc3nccn3c2)C1. The molecule has 19 heavy (non-hydrogen) atoms. The zero-order chi connectivity index (χ0) is 13.2. The number of likely N-dealkylation sites (tertiary alicyclic amines) is 1. The van der Waals surface area contributed by atoms with E-state index in [-0.39, 0.29) is 11.8 Å². The van der Waals surface area contributed by atoms with Gasteiger partial charge in [-0.2, -0.15) is 0 Å². The first-order chi connectivity index (χ1) is 9.26. The molecule has 3 rings (SSSR count). The fourth-order valence-electron chi connectivity index (χ4n) is 2.48. The fraction of sp³-hybridized carbons (Fsp3) is 0.333. The second-order valence-electron chi connectivity index (χ2n) is 4.89. The lowest BCUT2D eigenvalue weighted by molar-refractivity contribution is -0.127. The van der Waals surface area contributed by atoms with Crippen LogP contribution in [0.25, 0.3) is 5.65 Å². The van der Waals surface area contributed by atoms with E-state index in [1.807, 2.05) is 21.6 Å². The van der Waals surface area contributed by atoms with Gasteiger partial charge in [-0.1, -0.05) is 6.07 Å². The maximum atomic E-state index is 11.8. The summed E-state index contributed by atoms with van der Waals surface area (Å²) in [5.41, 5.74) is 2.14. The number of terminal acetylenes is 1. The van der Waals surface area contributed by atoms with Crippen LogP contribution in [-0.2, 0) is 11.2 Å². The molecule has 1 amide bonds. The minimum atomic E-state index is 0.0867. The third kappa shape index (κ3) is 2.32. The molecule has 1 saturated heterocycles. The average Bonchev–Trinajstić information content (AvgIpc) is 3.02. The van der Waals surface area contributed by atoms with Crippen molar-refractivity contribution in [3.63, 3.8) is 0 Å². The minimum absolute atomic E-state index is 0.0867. The number of hydrogen-bond donors (Lipinski definition) is 0. The Morgan fingerprint density at radius 2 is 2.37 bits per heavy atom. The number of imidazole rings is 1. The van der Waals surface area contributed by atoms with Crippen LogP contribution in [0.2, 0.25) is 0 Å². The summed E-state index contributed by atoms with van der Waals surface area (Å²) in [7, 11) is 0. The molecule has 0 aliphatic carbocycles. The molecule has 2 aromatic heterocycles. The first-order valence-electron chi connectivity index (χ1n) is 6.42. The Morgan fingerprint density at radius 3 is 3.16 bits per heavy atom. The molecule has 1 fully saturated rings. The maximum absolute atomic E-state index is 11.8. The molecule has 2 aromatic rings. The molecule has 96 valence electrons. The van der Waals surface area contributed by atoms with Crippen molar-refractivity contribution >= 4 is 11.6 Å². The van der Waals surface area contributed by atoms with Crippen molar-refractivity contribution in [2.45, 2.75) is 12.8 Å². The molecule has 0 radical (unpaired) electrons. The van der Waals surface area contributed by atoms with Gasteiger partial charge in [0.15, 0.2) is 0 Å². The Labute approximate surface area is 112 Å². The first-order valence-corrected chi connectivity index (χ1v) is 6.42. The summed E-state index contributed by atoms with van der Waals surface area (Å²) in [6.07, 6.45) is 12.5. The van der Waals surface area contributed by atoms with Crippen LogP contribution in [-0.4, -0.2) is 33.3 Å². The third-order valence-electron chi connectivity index (χ3n) is 3.57. The third-order valence-corrected chi connectivity index (χ3v) is 3.57. The number of carbonyl (C=O) groups excluding carboxylic acids is 1. The Kier molecular flexibility index (Phi) is 2.96. The standard InChI is InChI=1S/C15H15N3O/c1-2-12-9-15(19)18(10-12)7-5-13-3-4-14-16-6-8-17(14)11-13/h1,3-4,6,8,11-12H,5,7,9-10H2. The van der Waals surface area contributed by atoms with E-state index < -0.39 is 0 Å². The molecule has 4 nitrogen and oxygen atoms in total. The molecule has 1 atom stereocenters. The van der Waals surface area contributed by atoms with Gasteiger partial charge in [-0.05, 0) is 18.1 Å². The van der Waals surface area contributed by atoms with Gasteiger partial charge in [0.2, 0.25) is 5.91 Å². The quantitative estimate of drug-likeness (QED) is 0.775. The second kappa shape index (κ2) is 4.77. The Morgan fingerprint density at radius 1 is 1.47 bits per heavy atom. The Hall–Kier alpha value is -2.28. The van der Waals surface area contributed by atoms with Crippen LogP contribution in [0, 0.1) is 18.3 Å². The van der Waals surface area contributed by atoms with Gasteiger partial charge in [-0.3, -0.25) is 4.79 Å². The van der Waals surface area contributed by atoms with E-state index in [1.165, 1.54) is 5.56 Å². The average molecular weight is 253 g/mol. The second-order valence-corrected chi connectivity index (χ2v) is 4.89. The molecule has 0 aromatic carbocycles. The summed E-state index contributed by atoms with van der Waals surface area (Å²) in [5.74, 6) is 2.93. The zero-order valence-corrected chi connectivity index (χ0v) is 10.6. The molecular weight excluding hydrogens is 238 g/mol. The van der Waals surface area contributed by atoms with E-state index in [2.05, 4.69) is 23.2 Å². The summed E-state index contributed by atoms with van der Waals surface area (Å²) >= 11 is 0. The summed E-state index contributed by atoms with van der Waals surface area (Å²) in [4.78, 5) is 17.8. The van der Waals surface area contributed by atoms with Gasteiger partial charge in [-0.15, -0.1) is 12.3 Å². The maximum Gasteiger partial charge on any atom is 0.223 e. The van der Waals surface area contributed by atoms with E-state index in [1.54, 1.807) is 6.20 Å². The van der Waals surface area contributed by atoms with Crippen molar-refractivity contribution in [1.82, 2.24) is 14.3 Å². The van der Waals surface area contributed by atoms with Crippen molar-refractivity contribution in [2.75, 3.05) is 13.1 Å². The van der Waals surface area contributed by atoms with Crippen LogP contribution < -0.4 is 0 Å². The highest BCUT2D eigenvalue weighted by Crippen LogP contribution is 2.17. The predicted molar refractivity (Wildman–Crippen MR) is 72.4 cm³/mol. The molecular formula is C15H15N3O. The van der Waals surface area contributed by atoms with Gasteiger partial charge in [0, 0.05) is 44.0 Å². The van der Waals surface area contributed by atoms with Crippen LogP contribution in [0.3, 0.4) is 0 Å². The molecule has 1 aliphatic heterocycles. The van der Waals surface area contributed by atoms with Crippen molar-refractivity contribution in [1.29, 1.82) is 0 Å².